The summed E-state index contributed by atoms with van der Waals surface area (Å²) in [6.07, 6.45) is 3.08. The van der Waals surface area contributed by atoms with Gasteiger partial charge in [-0.05, 0) is 55.0 Å². The number of hydrogen-bond donors (Lipinski definition) is 1. The van der Waals surface area contributed by atoms with Crippen molar-refractivity contribution in [3.8, 4) is 0 Å². The number of hydrogen-bond acceptors (Lipinski definition) is 5. The van der Waals surface area contributed by atoms with Gasteiger partial charge >= 0.3 is 0 Å². The predicted octanol–water partition coefficient (Wildman–Crippen LogP) is 4.73. The van der Waals surface area contributed by atoms with Crippen LogP contribution in [0.5, 0.6) is 0 Å². The van der Waals surface area contributed by atoms with Gasteiger partial charge in [0.2, 0.25) is 10.0 Å². The first-order valence-electron chi connectivity index (χ1n) is 10.8. The highest BCUT2D eigenvalue weighted by atomic mass is 32.2. The maximum atomic E-state index is 13.1. The molecule has 0 bridgehead atoms. The zero-order valence-corrected chi connectivity index (χ0v) is 19.9. The fraction of sp³-hybridized carbons (Fsp3) is 0.333. The number of nitrogens with zero attached hydrogens (tertiary/aromatic N) is 2. The molecule has 0 saturated heterocycles. The minimum atomic E-state index is -3.67. The number of carbonyl (C=O) groups is 1. The van der Waals surface area contributed by atoms with E-state index in [4.69, 9.17) is 0 Å². The molecule has 168 valence electrons. The van der Waals surface area contributed by atoms with Crippen LogP contribution in [0.15, 0.2) is 59.5 Å². The van der Waals surface area contributed by atoms with E-state index in [1.165, 1.54) is 32.7 Å². The Morgan fingerprint density at radius 1 is 1.16 bits per heavy atom. The average Bonchev–Trinajstić information content (AvgIpc) is 3.19. The van der Waals surface area contributed by atoms with Crippen LogP contribution in [0.25, 0.3) is 0 Å². The molecule has 0 fully saturated rings. The van der Waals surface area contributed by atoms with Crippen LogP contribution in [0.1, 0.15) is 46.8 Å². The van der Waals surface area contributed by atoms with E-state index in [1.807, 2.05) is 37.3 Å². The fourth-order valence-corrected chi connectivity index (χ4v) is 6.45. The molecule has 32 heavy (non-hydrogen) atoms. The maximum Gasteiger partial charge on any atom is 0.257 e. The Balaban J connectivity index is 1.46. The number of anilines is 1. The number of sulfonamides is 1. The summed E-state index contributed by atoms with van der Waals surface area (Å²) in [5.41, 5.74) is 2.41. The number of nitrogens with one attached hydrogen (secondary N) is 1. The number of thiazole rings is 1. The van der Waals surface area contributed by atoms with Crippen molar-refractivity contribution in [3.05, 3.63) is 76.3 Å². The molecule has 2 aromatic carbocycles. The summed E-state index contributed by atoms with van der Waals surface area (Å²) in [5.74, 6) is 0.357. The molecule has 8 heteroatoms. The summed E-state index contributed by atoms with van der Waals surface area (Å²) in [6.45, 7) is 4.70. The molecular weight excluding hydrogens is 442 g/mol. The topological polar surface area (TPSA) is 79.4 Å². The Kier molecular flexibility index (Phi) is 6.74. The van der Waals surface area contributed by atoms with Crippen LogP contribution in [0.2, 0.25) is 0 Å². The van der Waals surface area contributed by atoms with Crippen molar-refractivity contribution in [1.29, 1.82) is 0 Å². The second kappa shape index (κ2) is 9.52. The van der Waals surface area contributed by atoms with Crippen LogP contribution in [-0.4, -0.2) is 30.2 Å². The summed E-state index contributed by atoms with van der Waals surface area (Å²) in [4.78, 5) is 18.7. The van der Waals surface area contributed by atoms with E-state index < -0.39 is 10.0 Å². The highest BCUT2D eigenvalue weighted by molar-refractivity contribution is 7.89. The van der Waals surface area contributed by atoms with Gasteiger partial charge in [0.25, 0.3) is 5.91 Å². The van der Waals surface area contributed by atoms with Crippen molar-refractivity contribution < 1.29 is 13.2 Å². The maximum absolute atomic E-state index is 13.1. The molecule has 1 aliphatic carbocycles. The van der Waals surface area contributed by atoms with Crippen LogP contribution in [0.3, 0.4) is 0 Å². The molecule has 0 spiro atoms. The minimum Gasteiger partial charge on any atom is -0.298 e. The number of aryl methyl sites for hydroxylation is 1. The Morgan fingerprint density at radius 2 is 1.88 bits per heavy atom. The van der Waals surface area contributed by atoms with E-state index in [9.17, 15) is 13.2 Å². The Labute approximate surface area is 193 Å². The van der Waals surface area contributed by atoms with Crippen molar-refractivity contribution in [2.24, 2.45) is 5.92 Å². The zero-order chi connectivity index (χ0) is 22.7. The third-order valence-electron chi connectivity index (χ3n) is 5.72. The van der Waals surface area contributed by atoms with E-state index in [2.05, 4.69) is 17.2 Å². The highest BCUT2D eigenvalue weighted by Crippen LogP contribution is 2.32. The minimum absolute atomic E-state index is 0.172. The molecule has 4 rings (SSSR count). The lowest BCUT2D eigenvalue weighted by Gasteiger charge is -2.20. The van der Waals surface area contributed by atoms with Crippen molar-refractivity contribution in [1.82, 2.24) is 9.29 Å². The van der Waals surface area contributed by atoms with E-state index >= 15 is 0 Å². The average molecular weight is 470 g/mol. The first kappa shape index (κ1) is 22.6. The number of aromatic nitrogens is 1. The largest absolute Gasteiger partial charge is 0.298 e. The lowest BCUT2D eigenvalue weighted by Crippen LogP contribution is -2.30. The van der Waals surface area contributed by atoms with E-state index in [-0.39, 0.29) is 10.8 Å². The zero-order valence-electron chi connectivity index (χ0n) is 18.2. The summed E-state index contributed by atoms with van der Waals surface area (Å²) < 4.78 is 27.6. The highest BCUT2D eigenvalue weighted by Gasteiger charge is 2.24. The Hall–Kier alpha value is -2.55. The first-order valence-corrected chi connectivity index (χ1v) is 13.1. The van der Waals surface area contributed by atoms with E-state index in [0.717, 1.165) is 30.5 Å². The molecule has 1 heterocycles. The van der Waals surface area contributed by atoms with Crippen LogP contribution < -0.4 is 5.32 Å². The Bertz CT molecular complexity index is 1190. The lowest BCUT2D eigenvalue weighted by molar-refractivity contribution is 0.102. The van der Waals surface area contributed by atoms with Crippen molar-refractivity contribution in [2.45, 2.75) is 44.6 Å². The number of carbonyl (C=O) groups excluding carboxylic acids is 1. The molecule has 6 nitrogen and oxygen atoms in total. The molecule has 1 aliphatic rings. The van der Waals surface area contributed by atoms with Gasteiger partial charge in [0, 0.05) is 23.5 Å². The monoisotopic (exact) mass is 469 g/mol. The van der Waals surface area contributed by atoms with Gasteiger partial charge in [0.1, 0.15) is 0 Å². The molecule has 3 aromatic rings. The van der Waals surface area contributed by atoms with Crippen molar-refractivity contribution in [3.63, 3.8) is 0 Å². The quantitative estimate of drug-likeness (QED) is 0.542. The van der Waals surface area contributed by atoms with Gasteiger partial charge in [-0.3, -0.25) is 10.1 Å². The molecule has 1 amide bonds. The van der Waals surface area contributed by atoms with E-state index in [1.54, 1.807) is 12.1 Å². The lowest BCUT2D eigenvalue weighted by atomic mass is 9.93. The standard InChI is InChI=1S/C24H27N3O3S2/c1-3-27(16-18-7-5-4-6-8-18)32(29,30)20-12-10-19(11-13-20)23(28)26-24-25-21-14-9-17(2)15-22(21)31-24/h4-8,10-13,17H,3,9,14-16H2,1-2H3,(H,25,26,28). The third kappa shape index (κ3) is 4.92. The SMILES string of the molecule is CCN(Cc1ccccc1)S(=O)(=O)c1ccc(C(=O)Nc2nc3c(s2)CC(C)CC3)cc1. The smallest absolute Gasteiger partial charge is 0.257 e. The summed E-state index contributed by atoms with van der Waals surface area (Å²) in [5, 5.41) is 3.47. The number of benzene rings is 2. The number of fused-ring (bicyclic) bond motifs is 1. The third-order valence-corrected chi connectivity index (χ3v) is 8.69. The van der Waals surface area contributed by atoms with Crippen LogP contribution >= 0.6 is 11.3 Å². The molecule has 1 N–H and O–H groups in total. The molecule has 1 atom stereocenters. The number of amides is 1. The predicted molar refractivity (Wildman–Crippen MR) is 127 cm³/mol. The first-order chi connectivity index (χ1) is 15.4. The molecular formula is C24H27N3O3S2. The molecule has 0 aliphatic heterocycles. The van der Waals surface area contributed by atoms with Gasteiger partial charge in [-0.1, -0.05) is 44.2 Å². The summed E-state index contributed by atoms with van der Waals surface area (Å²) in [7, 11) is -3.67. The van der Waals surface area contributed by atoms with Gasteiger partial charge in [-0.2, -0.15) is 4.31 Å². The van der Waals surface area contributed by atoms with Gasteiger partial charge in [-0.15, -0.1) is 11.3 Å². The van der Waals surface area contributed by atoms with Crippen LogP contribution in [-0.2, 0) is 29.4 Å². The molecule has 1 aromatic heterocycles. The van der Waals surface area contributed by atoms with Gasteiger partial charge in [-0.25, -0.2) is 13.4 Å². The second-order valence-corrected chi connectivity index (χ2v) is 11.2. The fourth-order valence-electron chi connectivity index (χ4n) is 3.84. The second-order valence-electron chi connectivity index (χ2n) is 8.13. The summed E-state index contributed by atoms with van der Waals surface area (Å²) >= 11 is 1.53. The molecule has 0 saturated carbocycles. The van der Waals surface area contributed by atoms with Crippen molar-refractivity contribution in [2.75, 3.05) is 11.9 Å². The van der Waals surface area contributed by atoms with Gasteiger partial charge in [0.05, 0.1) is 10.6 Å². The Morgan fingerprint density at radius 3 is 2.56 bits per heavy atom. The summed E-state index contributed by atoms with van der Waals surface area (Å²) in [6, 6.07) is 15.6. The molecule has 1 unspecified atom stereocenters. The van der Waals surface area contributed by atoms with Crippen LogP contribution in [0, 0.1) is 5.92 Å². The van der Waals surface area contributed by atoms with Gasteiger partial charge < -0.3 is 0 Å². The van der Waals surface area contributed by atoms with Crippen LogP contribution in [0.4, 0.5) is 5.13 Å². The van der Waals surface area contributed by atoms with Crippen molar-refractivity contribution >= 4 is 32.4 Å². The number of rotatable bonds is 7. The molecule has 0 radical (unpaired) electrons. The van der Waals surface area contributed by atoms with E-state index in [0.29, 0.717) is 29.7 Å². The van der Waals surface area contributed by atoms with Gasteiger partial charge in [0.15, 0.2) is 5.13 Å². The normalized spacial score (nSPS) is 16.0.